The number of halogens is 3. The van der Waals surface area contributed by atoms with E-state index in [2.05, 4.69) is 25.4 Å². The predicted octanol–water partition coefficient (Wildman–Crippen LogP) is 4.31. The molecule has 0 atom stereocenters. The molecule has 0 saturated heterocycles. The number of aromatic nitrogens is 5. The third-order valence-corrected chi connectivity index (χ3v) is 5.15. The molecular weight excluding hydrogens is 449 g/mol. The standard InChI is InChI=1S/C23H21F3N6O2/c1-14-19(15(2)32-22(28-14)30-21(31-32)23(24,25)26)8-9-20(33)29-17-6-3-7-18(11-17)34-13-16-5-4-10-27-12-16/h3-7,10-12H,8-9,13H2,1-2H3,(H,29,33). The Labute approximate surface area is 192 Å². The van der Waals surface area contributed by atoms with Crippen LogP contribution in [-0.2, 0) is 24.0 Å². The summed E-state index contributed by atoms with van der Waals surface area (Å²) in [7, 11) is 0. The predicted molar refractivity (Wildman–Crippen MR) is 117 cm³/mol. The number of hydrogen-bond acceptors (Lipinski definition) is 6. The molecule has 0 unspecified atom stereocenters. The SMILES string of the molecule is Cc1nc2nc(C(F)(F)F)nn2c(C)c1CCC(=O)Nc1cccc(OCc2cccnc2)c1. The fraction of sp³-hybridized carbons (Fsp3) is 0.261. The van der Waals surface area contributed by atoms with E-state index in [0.717, 1.165) is 10.1 Å². The van der Waals surface area contributed by atoms with E-state index in [1.165, 1.54) is 0 Å². The second-order valence-corrected chi connectivity index (χ2v) is 7.63. The molecule has 11 heteroatoms. The van der Waals surface area contributed by atoms with Crippen LogP contribution in [0.4, 0.5) is 18.9 Å². The first kappa shape index (κ1) is 23.1. The summed E-state index contributed by atoms with van der Waals surface area (Å²) >= 11 is 0. The first-order valence-corrected chi connectivity index (χ1v) is 10.4. The minimum Gasteiger partial charge on any atom is -0.489 e. The van der Waals surface area contributed by atoms with Gasteiger partial charge in [-0.2, -0.15) is 18.2 Å². The van der Waals surface area contributed by atoms with Crippen molar-refractivity contribution in [2.24, 2.45) is 0 Å². The molecule has 3 aromatic heterocycles. The number of nitrogens with zero attached hydrogens (tertiary/aromatic N) is 5. The Balaban J connectivity index is 1.40. The number of rotatable bonds is 7. The second-order valence-electron chi connectivity index (χ2n) is 7.63. The molecule has 4 rings (SSSR count). The molecule has 0 saturated carbocycles. The lowest BCUT2D eigenvalue weighted by Gasteiger charge is -2.11. The smallest absolute Gasteiger partial charge is 0.453 e. The van der Waals surface area contributed by atoms with Crippen LogP contribution in [0.2, 0.25) is 0 Å². The molecule has 0 aliphatic rings. The lowest BCUT2D eigenvalue weighted by atomic mass is 10.1. The van der Waals surface area contributed by atoms with E-state index >= 15 is 0 Å². The zero-order chi connectivity index (χ0) is 24.3. The molecule has 1 amide bonds. The van der Waals surface area contributed by atoms with Crippen LogP contribution < -0.4 is 10.1 Å². The van der Waals surface area contributed by atoms with Crippen molar-refractivity contribution in [2.75, 3.05) is 5.32 Å². The van der Waals surface area contributed by atoms with Gasteiger partial charge in [-0.15, -0.1) is 5.10 Å². The maximum absolute atomic E-state index is 13.0. The maximum Gasteiger partial charge on any atom is 0.453 e. The summed E-state index contributed by atoms with van der Waals surface area (Å²) in [5.41, 5.74) is 3.11. The molecule has 0 spiro atoms. The normalized spacial score (nSPS) is 11.6. The summed E-state index contributed by atoms with van der Waals surface area (Å²) < 4.78 is 45.7. The zero-order valence-electron chi connectivity index (χ0n) is 18.4. The molecule has 34 heavy (non-hydrogen) atoms. The summed E-state index contributed by atoms with van der Waals surface area (Å²) in [5, 5.41) is 6.34. The average molecular weight is 470 g/mol. The van der Waals surface area contributed by atoms with Gasteiger partial charge in [0, 0.05) is 47.5 Å². The lowest BCUT2D eigenvalue weighted by Crippen LogP contribution is -2.14. The van der Waals surface area contributed by atoms with Crippen molar-refractivity contribution in [3.8, 4) is 5.75 Å². The summed E-state index contributed by atoms with van der Waals surface area (Å²) in [6.07, 6.45) is -0.876. The molecule has 0 bridgehead atoms. The summed E-state index contributed by atoms with van der Waals surface area (Å²) in [5.74, 6) is -1.03. The summed E-state index contributed by atoms with van der Waals surface area (Å²) in [4.78, 5) is 24.2. The molecule has 0 aliphatic carbocycles. The molecule has 1 aromatic carbocycles. The van der Waals surface area contributed by atoms with E-state index in [1.54, 1.807) is 50.5 Å². The van der Waals surface area contributed by atoms with Crippen LogP contribution in [-0.4, -0.2) is 30.5 Å². The first-order valence-electron chi connectivity index (χ1n) is 10.4. The van der Waals surface area contributed by atoms with Crippen molar-refractivity contribution in [3.05, 3.63) is 77.1 Å². The van der Waals surface area contributed by atoms with Crippen molar-refractivity contribution in [1.82, 2.24) is 24.6 Å². The highest BCUT2D eigenvalue weighted by Gasteiger charge is 2.37. The van der Waals surface area contributed by atoms with Crippen molar-refractivity contribution >= 4 is 17.4 Å². The van der Waals surface area contributed by atoms with E-state index in [-0.39, 0.29) is 24.5 Å². The molecule has 8 nitrogen and oxygen atoms in total. The van der Waals surface area contributed by atoms with E-state index in [1.807, 2.05) is 12.1 Å². The minimum absolute atomic E-state index is 0.108. The highest BCUT2D eigenvalue weighted by molar-refractivity contribution is 5.91. The number of amides is 1. The molecule has 1 N–H and O–H groups in total. The Kier molecular flexibility index (Phi) is 6.44. The molecule has 0 fully saturated rings. The molecule has 0 aliphatic heterocycles. The van der Waals surface area contributed by atoms with E-state index < -0.39 is 12.0 Å². The molecule has 0 radical (unpaired) electrons. The van der Waals surface area contributed by atoms with Gasteiger partial charge in [0.25, 0.3) is 11.6 Å². The number of carbonyl (C=O) groups excluding carboxylic acids is 1. The number of benzene rings is 1. The highest BCUT2D eigenvalue weighted by Crippen LogP contribution is 2.27. The van der Waals surface area contributed by atoms with Gasteiger partial charge in [-0.05, 0) is 44.0 Å². The summed E-state index contributed by atoms with van der Waals surface area (Å²) in [6.45, 7) is 3.65. The Hall–Kier alpha value is -4.02. The minimum atomic E-state index is -4.66. The number of fused-ring (bicyclic) bond motifs is 1. The van der Waals surface area contributed by atoms with E-state index in [0.29, 0.717) is 35.0 Å². The number of nitrogens with one attached hydrogen (secondary N) is 1. The Morgan fingerprint density at radius 2 is 1.97 bits per heavy atom. The molecule has 3 heterocycles. The van der Waals surface area contributed by atoms with Crippen LogP contribution in [0.1, 0.15) is 34.8 Å². The van der Waals surface area contributed by atoms with Crippen molar-refractivity contribution in [3.63, 3.8) is 0 Å². The quantitative estimate of drug-likeness (QED) is 0.433. The molecule has 4 aromatic rings. The topological polar surface area (TPSA) is 94.3 Å². The Morgan fingerprint density at radius 3 is 2.71 bits per heavy atom. The molecule has 176 valence electrons. The van der Waals surface area contributed by atoms with Crippen molar-refractivity contribution in [1.29, 1.82) is 0 Å². The van der Waals surface area contributed by atoms with Crippen molar-refractivity contribution < 1.29 is 22.7 Å². The van der Waals surface area contributed by atoms with E-state index in [4.69, 9.17) is 4.74 Å². The first-order chi connectivity index (χ1) is 16.2. The zero-order valence-corrected chi connectivity index (χ0v) is 18.4. The highest BCUT2D eigenvalue weighted by atomic mass is 19.4. The number of alkyl halides is 3. The monoisotopic (exact) mass is 470 g/mol. The third kappa shape index (κ3) is 5.30. The van der Waals surface area contributed by atoms with Crippen LogP contribution in [0.25, 0.3) is 5.78 Å². The number of aryl methyl sites for hydroxylation is 2. The lowest BCUT2D eigenvalue weighted by molar-refractivity contribution is -0.144. The average Bonchev–Trinajstić information content (AvgIpc) is 3.23. The van der Waals surface area contributed by atoms with Crippen LogP contribution in [0.15, 0.2) is 48.8 Å². The maximum atomic E-state index is 13.0. The van der Waals surface area contributed by atoms with Gasteiger partial charge in [0.1, 0.15) is 12.4 Å². The van der Waals surface area contributed by atoms with Crippen LogP contribution in [0.5, 0.6) is 5.75 Å². The van der Waals surface area contributed by atoms with Crippen molar-refractivity contribution in [2.45, 2.75) is 39.5 Å². The van der Waals surface area contributed by atoms with E-state index in [9.17, 15) is 18.0 Å². The van der Waals surface area contributed by atoms with Gasteiger partial charge in [-0.1, -0.05) is 12.1 Å². The Morgan fingerprint density at radius 1 is 1.15 bits per heavy atom. The van der Waals surface area contributed by atoms with Crippen LogP contribution in [0, 0.1) is 13.8 Å². The van der Waals surface area contributed by atoms with Gasteiger partial charge in [0.2, 0.25) is 5.91 Å². The van der Waals surface area contributed by atoms with Gasteiger partial charge in [-0.3, -0.25) is 9.78 Å². The second kappa shape index (κ2) is 9.46. The largest absolute Gasteiger partial charge is 0.489 e. The van der Waals surface area contributed by atoms with Gasteiger partial charge in [0.05, 0.1) is 0 Å². The fourth-order valence-electron chi connectivity index (χ4n) is 3.47. The van der Waals surface area contributed by atoms with Crippen LogP contribution >= 0.6 is 0 Å². The third-order valence-electron chi connectivity index (χ3n) is 5.15. The van der Waals surface area contributed by atoms with Crippen LogP contribution in [0.3, 0.4) is 0 Å². The van der Waals surface area contributed by atoms with Gasteiger partial charge in [0.15, 0.2) is 0 Å². The number of carbonyl (C=O) groups is 1. The summed E-state index contributed by atoms with van der Waals surface area (Å²) in [6, 6.07) is 10.7. The fourth-order valence-corrected chi connectivity index (χ4v) is 3.47. The molecular formula is C23H21F3N6O2. The van der Waals surface area contributed by atoms with Gasteiger partial charge >= 0.3 is 6.18 Å². The number of hydrogen-bond donors (Lipinski definition) is 1. The number of ether oxygens (including phenoxy) is 1. The number of anilines is 1. The van der Waals surface area contributed by atoms with Gasteiger partial charge in [-0.25, -0.2) is 9.50 Å². The Bertz CT molecular complexity index is 1320. The van der Waals surface area contributed by atoms with Gasteiger partial charge < -0.3 is 10.1 Å². The number of pyridine rings is 1.